The molecule has 3 atom stereocenters. The number of hydrogen-bond donors (Lipinski definition) is 2. The molecule has 3 rings (SSSR count). The van der Waals surface area contributed by atoms with E-state index in [0.29, 0.717) is 6.54 Å². The van der Waals surface area contributed by atoms with E-state index in [4.69, 9.17) is 10.5 Å². The smallest absolute Gasteiger partial charge is 0.223 e. The Morgan fingerprint density at radius 2 is 2.12 bits per heavy atom. The maximum atomic E-state index is 12.3. The number of amides is 1. The molecule has 0 aromatic heterocycles. The van der Waals surface area contributed by atoms with Crippen LogP contribution in [0.2, 0.25) is 0 Å². The predicted octanol–water partition coefficient (Wildman–Crippen LogP) is 1.52. The van der Waals surface area contributed by atoms with Crippen LogP contribution in [0, 0.1) is 5.92 Å². The predicted molar refractivity (Wildman–Crippen MR) is 94.4 cm³/mol. The van der Waals surface area contributed by atoms with E-state index in [1.165, 1.54) is 5.56 Å². The topological polar surface area (TPSA) is 67.6 Å². The van der Waals surface area contributed by atoms with Crippen LogP contribution in [0.3, 0.4) is 0 Å². The van der Waals surface area contributed by atoms with Gasteiger partial charge in [0.2, 0.25) is 5.91 Å². The fourth-order valence-electron chi connectivity index (χ4n) is 3.71. The van der Waals surface area contributed by atoms with Crippen molar-refractivity contribution in [3.05, 3.63) is 35.9 Å². The second kappa shape index (κ2) is 8.60. The molecule has 5 heteroatoms. The molecule has 0 radical (unpaired) electrons. The van der Waals surface area contributed by atoms with Gasteiger partial charge < -0.3 is 15.8 Å². The van der Waals surface area contributed by atoms with Crippen molar-refractivity contribution in [2.75, 3.05) is 26.2 Å². The highest BCUT2D eigenvalue weighted by Crippen LogP contribution is 2.23. The molecule has 0 spiro atoms. The summed E-state index contributed by atoms with van der Waals surface area (Å²) in [6.45, 7) is 4.06. The summed E-state index contributed by atoms with van der Waals surface area (Å²) in [7, 11) is 0. The van der Waals surface area contributed by atoms with Crippen molar-refractivity contribution >= 4 is 5.91 Å². The van der Waals surface area contributed by atoms with Gasteiger partial charge in [0.25, 0.3) is 0 Å². The first kappa shape index (κ1) is 17.4. The van der Waals surface area contributed by atoms with Gasteiger partial charge in [-0.3, -0.25) is 9.69 Å². The van der Waals surface area contributed by atoms with Gasteiger partial charge in [0, 0.05) is 38.1 Å². The number of rotatable bonds is 5. The van der Waals surface area contributed by atoms with Crippen molar-refractivity contribution in [1.82, 2.24) is 10.2 Å². The quantitative estimate of drug-likeness (QED) is 0.858. The van der Waals surface area contributed by atoms with Gasteiger partial charge in [-0.25, -0.2) is 0 Å². The van der Waals surface area contributed by atoms with E-state index >= 15 is 0 Å². The Kier molecular flexibility index (Phi) is 6.24. The standard InChI is InChI=1S/C19H29N3O2/c20-17-8-4-7-16(11-17)19(23)21-12-18-14-22(9-10-24-18)13-15-5-2-1-3-6-15/h1-3,5-6,16-18H,4,7-14,20H2,(H,21,23). The molecule has 1 heterocycles. The van der Waals surface area contributed by atoms with Crippen molar-refractivity contribution < 1.29 is 9.53 Å². The molecule has 1 aliphatic carbocycles. The summed E-state index contributed by atoms with van der Waals surface area (Å²) in [5.74, 6) is 0.228. The van der Waals surface area contributed by atoms with E-state index < -0.39 is 0 Å². The first-order valence-corrected chi connectivity index (χ1v) is 9.12. The summed E-state index contributed by atoms with van der Waals surface area (Å²) in [6.07, 6.45) is 3.96. The van der Waals surface area contributed by atoms with Crippen molar-refractivity contribution in [2.45, 2.75) is 44.4 Å². The fourth-order valence-corrected chi connectivity index (χ4v) is 3.71. The van der Waals surface area contributed by atoms with Crippen molar-refractivity contribution in [3.63, 3.8) is 0 Å². The molecule has 3 N–H and O–H groups in total. The SMILES string of the molecule is NC1CCCC(C(=O)NCC2CN(Cc3ccccc3)CCO2)C1. The number of ether oxygens (including phenoxy) is 1. The Morgan fingerprint density at radius 1 is 1.29 bits per heavy atom. The molecule has 1 aromatic carbocycles. The van der Waals surface area contributed by atoms with Crippen LogP contribution in [0.15, 0.2) is 30.3 Å². The fraction of sp³-hybridized carbons (Fsp3) is 0.632. The highest BCUT2D eigenvalue weighted by molar-refractivity contribution is 5.78. The van der Waals surface area contributed by atoms with Crippen LogP contribution in [-0.2, 0) is 16.1 Å². The summed E-state index contributed by atoms with van der Waals surface area (Å²) in [5, 5.41) is 3.08. The molecule has 132 valence electrons. The van der Waals surface area contributed by atoms with Crippen LogP contribution in [0.5, 0.6) is 0 Å². The lowest BCUT2D eigenvalue weighted by Crippen LogP contribution is -2.48. The number of nitrogens with two attached hydrogens (primary N) is 1. The van der Waals surface area contributed by atoms with Crippen molar-refractivity contribution in [3.8, 4) is 0 Å². The van der Waals surface area contributed by atoms with Gasteiger partial charge in [-0.15, -0.1) is 0 Å². The van der Waals surface area contributed by atoms with Crippen molar-refractivity contribution in [1.29, 1.82) is 0 Å². The second-order valence-corrected chi connectivity index (χ2v) is 7.08. The third-order valence-electron chi connectivity index (χ3n) is 5.06. The van der Waals surface area contributed by atoms with Gasteiger partial charge in [-0.05, 0) is 24.8 Å². The molecule has 24 heavy (non-hydrogen) atoms. The van der Waals surface area contributed by atoms with Crippen LogP contribution in [0.1, 0.15) is 31.2 Å². The van der Waals surface area contributed by atoms with E-state index in [2.05, 4.69) is 34.5 Å². The Labute approximate surface area is 144 Å². The highest BCUT2D eigenvalue weighted by Gasteiger charge is 2.27. The molecule has 0 bridgehead atoms. The lowest BCUT2D eigenvalue weighted by molar-refractivity contribution is -0.127. The van der Waals surface area contributed by atoms with E-state index in [-0.39, 0.29) is 24.0 Å². The molecular formula is C19H29N3O2. The summed E-state index contributed by atoms with van der Waals surface area (Å²) < 4.78 is 5.82. The summed E-state index contributed by atoms with van der Waals surface area (Å²) >= 11 is 0. The molecule has 1 aliphatic heterocycles. The van der Waals surface area contributed by atoms with Gasteiger partial charge in [-0.1, -0.05) is 36.8 Å². The van der Waals surface area contributed by atoms with Crippen LogP contribution in [0.25, 0.3) is 0 Å². The largest absolute Gasteiger partial charge is 0.374 e. The third kappa shape index (κ3) is 5.03. The van der Waals surface area contributed by atoms with Gasteiger partial charge in [-0.2, -0.15) is 0 Å². The van der Waals surface area contributed by atoms with Crippen LogP contribution in [-0.4, -0.2) is 49.2 Å². The van der Waals surface area contributed by atoms with Crippen LogP contribution >= 0.6 is 0 Å². The number of morpholine rings is 1. The second-order valence-electron chi connectivity index (χ2n) is 7.08. The molecule has 1 saturated heterocycles. The molecule has 2 aliphatic rings. The molecule has 5 nitrogen and oxygen atoms in total. The van der Waals surface area contributed by atoms with Crippen LogP contribution < -0.4 is 11.1 Å². The van der Waals surface area contributed by atoms with Crippen LogP contribution in [0.4, 0.5) is 0 Å². The number of carbonyl (C=O) groups excluding carboxylic acids is 1. The minimum Gasteiger partial charge on any atom is -0.374 e. The van der Waals surface area contributed by atoms with Crippen molar-refractivity contribution in [2.24, 2.45) is 11.7 Å². The Hall–Kier alpha value is -1.43. The molecular weight excluding hydrogens is 302 g/mol. The van der Waals surface area contributed by atoms with Gasteiger partial charge in [0.15, 0.2) is 0 Å². The average Bonchev–Trinajstić information content (AvgIpc) is 2.61. The van der Waals surface area contributed by atoms with Gasteiger partial charge in [0.05, 0.1) is 12.7 Å². The lowest BCUT2D eigenvalue weighted by Gasteiger charge is -2.33. The normalized spacial score (nSPS) is 28.5. The zero-order valence-corrected chi connectivity index (χ0v) is 14.3. The minimum atomic E-state index is 0.0728. The number of benzene rings is 1. The third-order valence-corrected chi connectivity index (χ3v) is 5.06. The minimum absolute atomic E-state index is 0.0728. The maximum Gasteiger partial charge on any atom is 0.223 e. The molecule has 1 aromatic rings. The first-order valence-electron chi connectivity index (χ1n) is 9.12. The number of nitrogens with zero attached hydrogens (tertiary/aromatic N) is 1. The Bertz CT molecular complexity index is 523. The maximum absolute atomic E-state index is 12.3. The van der Waals surface area contributed by atoms with E-state index in [9.17, 15) is 4.79 Å². The molecule has 3 unspecified atom stereocenters. The molecule has 1 saturated carbocycles. The number of carbonyl (C=O) groups is 1. The Balaban J connectivity index is 1.42. The lowest BCUT2D eigenvalue weighted by atomic mass is 9.85. The summed E-state index contributed by atoms with van der Waals surface area (Å²) in [5.41, 5.74) is 7.30. The monoisotopic (exact) mass is 331 g/mol. The summed E-state index contributed by atoms with van der Waals surface area (Å²) in [4.78, 5) is 14.7. The highest BCUT2D eigenvalue weighted by atomic mass is 16.5. The van der Waals surface area contributed by atoms with Gasteiger partial charge in [0.1, 0.15) is 0 Å². The average molecular weight is 331 g/mol. The molecule has 2 fully saturated rings. The zero-order chi connectivity index (χ0) is 16.8. The summed E-state index contributed by atoms with van der Waals surface area (Å²) in [6, 6.07) is 10.7. The Morgan fingerprint density at radius 3 is 2.92 bits per heavy atom. The molecule has 1 amide bonds. The van der Waals surface area contributed by atoms with E-state index in [1.54, 1.807) is 0 Å². The number of nitrogens with one attached hydrogen (secondary N) is 1. The first-order chi connectivity index (χ1) is 11.7. The van der Waals surface area contributed by atoms with E-state index in [1.807, 2.05) is 6.07 Å². The zero-order valence-electron chi connectivity index (χ0n) is 14.3. The van der Waals surface area contributed by atoms with Gasteiger partial charge >= 0.3 is 0 Å². The number of hydrogen-bond acceptors (Lipinski definition) is 4. The van der Waals surface area contributed by atoms with E-state index in [0.717, 1.165) is 51.9 Å².